The fourth-order valence-corrected chi connectivity index (χ4v) is 2.97. The molecule has 1 aliphatic heterocycles. The summed E-state index contributed by atoms with van der Waals surface area (Å²) in [5, 5.41) is 2.19. The molecule has 0 fully saturated rings. The molecular weight excluding hydrogens is 257 g/mol. The highest BCUT2D eigenvalue weighted by atomic mass is 127. The Hall–Kier alpha value is 0.390. The molecule has 1 nitrogen and oxygen atoms in total. The second-order valence-corrected chi connectivity index (χ2v) is 4.83. The molecule has 0 spiro atoms. The van der Waals surface area contributed by atoms with Crippen molar-refractivity contribution in [1.29, 1.82) is 0 Å². The summed E-state index contributed by atoms with van der Waals surface area (Å²) in [6.07, 6.45) is 1.24. The second kappa shape index (κ2) is 2.79. The average Bonchev–Trinajstić information content (AvgIpc) is 2.33. The number of thiophene rings is 1. The Morgan fingerprint density at radius 2 is 2.50 bits per heavy atom. The van der Waals surface area contributed by atoms with Gasteiger partial charge in [0.2, 0.25) is 0 Å². The number of hydrogen-bond acceptors (Lipinski definition) is 2. The van der Waals surface area contributed by atoms with Gasteiger partial charge in [-0.05, 0) is 23.4 Å². The maximum Gasteiger partial charge on any atom is 0.0429 e. The van der Waals surface area contributed by atoms with E-state index in [4.69, 9.17) is 0 Å². The van der Waals surface area contributed by atoms with Gasteiger partial charge >= 0.3 is 0 Å². The lowest BCUT2D eigenvalue weighted by atomic mass is 10.1. The van der Waals surface area contributed by atoms with Gasteiger partial charge in [-0.15, -0.1) is 11.3 Å². The Bertz CT molecular complexity index is 233. The van der Waals surface area contributed by atoms with E-state index < -0.39 is 0 Å². The van der Waals surface area contributed by atoms with Gasteiger partial charge in [-0.1, -0.05) is 0 Å². The van der Waals surface area contributed by atoms with Crippen LogP contribution in [-0.2, 0) is 13.0 Å². The molecule has 2 rings (SSSR count). The smallest absolute Gasteiger partial charge is 0.0429 e. The van der Waals surface area contributed by atoms with E-state index in [2.05, 4.69) is 37.4 Å². The van der Waals surface area contributed by atoms with Crippen LogP contribution < -0.4 is 0 Å². The Balaban J connectivity index is 2.30. The third kappa shape index (κ3) is 1.22. The third-order valence-electron chi connectivity index (χ3n) is 1.78. The predicted octanol–water partition coefficient (Wildman–Crippen LogP) is 2.46. The Morgan fingerprint density at radius 3 is 3.40 bits per heavy atom. The van der Waals surface area contributed by atoms with Crippen LogP contribution in [0.3, 0.4) is 0 Å². The maximum atomic E-state index is 2.39. The first-order valence-corrected chi connectivity index (χ1v) is 5.16. The predicted molar refractivity (Wildman–Crippen MR) is 52.5 cm³/mol. The van der Waals surface area contributed by atoms with Crippen molar-refractivity contribution in [2.45, 2.75) is 13.0 Å². The molecule has 0 radical (unpaired) electrons. The molecule has 0 amide bonds. The summed E-state index contributed by atoms with van der Waals surface area (Å²) in [6, 6.07) is 2.25. The van der Waals surface area contributed by atoms with E-state index in [0.29, 0.717) is 0 Å². The summed E-state index contributed by atoms with van der Waals surface area (Å²) in [5.41, 5.74) is 1.57. The van der Waals surface area contributed by atoms with Crippen LogP contribution in [0, 0.1) is 0 Å². The molecule has 1 aromatic heterocycles. The zero-order valence-electron chi connectivity index (χ0n) is 5.51. The van der Waals surface area contributed by atoms with Crippen LogP contribution in [0.15, 0.2) is 11.4 Å². The van der Waals surface area contributed by atoms with Crippen LogP contribution in [0.5, 0.6) is 0 Å². The first kappa shape index (κ1) is 7.06. The van der Waals surface area contributed by atoms with Crippen molar-refractivity contribution in [3.05, 3.63) is 21.9 Å². The molecule has 0 saturated carbocycles. The summed E-state index contributed by atoms with van der Waals surface area (Å²) in [4.78, 5) is 1.56. The third-order valence-corrected chi connectivity index (χ3v) is 3.55. The van der Waals surface area contributed by atoms with Gasteiger partial charge in [-0.2, -0.15) is 0 Å². The van der Waals surface area contributed by atoms with E-state index in [1.807, 2.05) is 11.3 Å². The van der Waals surface area contributed by atoms with Crippen LogP contribution in [0.4, 0.5) is 0 Å². The summed E-state index contributed by atoms with van der Waals surface area (Å²) < 4.78 is 2.34. The van der Waals surface area contributed by atoms with Gasteiger partial charge in [-0.25, -0.2) is 3.11 Å². The van der Waals surface area contributed by atoms with Crippen molar-refractivity contribution in [3.8, 4) is 0 Å². The lowest BCUT2D eigenvalue weighted by molar-refractivity contribution is 0.488. The van der Waals surface area contributed by atoms with E-state index in [1.165, 1.54) is 13.0 Å². The van der Waals surface area contributed by atoms with E-state index in [1.54, 1.807) is 10.4 Å². The molecule has 0 bridgehead atoms. The quantitative estimate of drug-likeness (QED) is 0.514. The number of rotatable bonds is 0. The maximum absolute atomic E-state index is 2.39. The standard InChI is InChI=1S/C7H8INS/c8-9-3-1-6-2-4-10-7(6)5-9/h2,4H,1,3,5H2. The average molecular weight is 265 g/mol. The Morgan fingerprint density at radius 1 is 1.60 bits per heavy atom. The van der Waals surface area contributed by atoms with Crippen LogP contribution in [0.1, 0.15) is 10.4 Å². The summed E-state index contributed by atoms with van der Waals surface area (Å²) in [6.45, 7) is 2.36. The zero-order valence-corrected chi connectivity index (χ0v) is 8.48. The SMILES string of the molecule is IN1CCc2ccsc2C1. The van der Waals surface area contributed by atoms with Crippen molar-refractivity contribution in [1.82, 2.24) is 3.11 Å². The molecule has 2 heterocycles. The van der Waals surface area contributed by atoms with Crippen LogP contribution in [-0.4, -0.2) is 9.66 Å². The highest BCUT2D eigenvalue weighted by Gasteiger charge is 2.13. The molecule has 0 N–H and O–H groups in total. The van der Waals surface area contributed by atoms with Gasteiger partial charge in [0.1, 0.15) is 0 Å². The van der Waals surface area contributed by atoms with Crippen molar-refractivity contribution in [3.63, 3.8) is 0 Å². The fourth-order valence-electron chi connectivity index (χ4n) is 1.21. The van der Waals surface area contributed by atoms with Crippen LogP contribution in [0.2, 0.25) is 0 Å². The molecule has 1 aromatic rings. The molecular formula is C7H8INS. The monoisotopic (exact) mass is 265 g/mol. The molecule has 0 aromatic carbocycles. The fraction of sp³-hybridized carbons (Fsp3) is 0.429. The number of halogens is 1. The van der Waals surface area contributed by atoms with E-state index >= 15 is 0 Å². The van der Waals surface area contributed by atoms with Gasteiger partial charge in [0.05, 0.1) is 0 Å². The lowest BCUT2D eigenvalue weighted by Crippen LogP contribution is -2.19. The minimum absolute atomic E-state index is 1.15. The number of fused-ring (bicyclic) bond motifs is 1. The van der Waals surface area contributed by atoms with E-state index in [9.17, 15) is 0 Å². The largest absolute Gasteiger partial charge is 0.242 e. The van der Waals surface area contributed by atoms with Crippen LogP contribution in [0.25, 0.3) is 0 Å². The van der Waals surface area contributed by atoms with Crippen LogP contribution >= 0.6 is 34.2 Å². The summed E-state index contributed by atoms with van der Waals surface area (Å²) in [5.74, 6) is 0. The first-order chi connectivity index (χ1) is 4.86. The highest BCUT2D eigenvalue weighted by molar-refractivity contribution is 14.1. The van der Waals surface area contributed by atoms with Gasteiger partial charge in [0.25, 0.3) is 0 Å². The van der Waals surface area contributed by atoms with Crippen molar-refractivity contribution >= 4 is 34.2 Å². The molecule has 0 atom stereocenters. The molecule has 10 heavy (non-hydrogen) atoms. The zero-order chi connectivity index (χ0) is 6.97. The molecule has 1 aliphatic rings. The Labute approximate surface area is 78.5 Å². The molecule has 0 aliphatic carbocycles. The molecule has 54 valence electrons. The van der Waals surface area contributed by atoms with Gasteiger partial charge in [0.15, 0.2) is 0 Å². The van der Waals surface area contributed by atoms with Gasteiger partial charge in [-0.3, -0.25) is 0 Å². The minimum atomic E-state index is 1.15. The minimum Gasteiger partial charge on any atom is -0.242 e. The normalized spacial score (nSPS) is 18.9. The molecule has 0 unspecified atom stereocenters. The number of nitrogens with zero attached hydrogens (tertiary/aromatic N) is 1. The highest BCUT2D eigenvalue weighted by Crippen LogP contribution is 2.25. The lowest BCUT2D eigenvalue weighted by Gasteiger charge is -2.19. The topological polar surface area (TPSA) is 3.24 Å². The van der Waals surface area contributed by atoms with Crippen molar-refractivity contribution in [2.24, 2.45) is 0 Å². The van der Waals surface area contributed by atoms with E-state index in [0.717, 1.165) is 6.54 Å². The summed E-state index contributed by atoms with van der Waals surface area (Å²) >= 11 is 4.27. The second-order valence-electron chi connectivity index (χ2n) is 2.46. The first-order valence-electron chi connectivity index (χ1n) is 3.32. The number of hydrogen-bond donors (Lipinski definition) is 0. The molecule has 0 saturated heterocycles. The Kier molecular flexibility index (Phi) is 1.97. The van der Waals surface area contributed by atoms with Crippen molar-refractivity contribution < 1.29 is 0 Å². The molecule has 3 heteroatoms. The van der Waals surface area contributed by atoms with Gasteiger partial charge < -0.3 is 0 Å². The summed E-state index contributed by atoms with van der Waals surface area (Å²) in [7, 11) is 0. The van der Waals surface area contributed by atoms with E-state index in [-0.39, 0.29) is 0 Å². The van der Waals surface area contributed by atoms with Crippen molar-refractivity contribution in [2.75, 3.05) is 6.54 Å². The van der Waals surface area contributed by atoms with Gasteiger partial charge in [0, 0.05) is 40.8 Å².